The van der Waals surface area contributed by atoms with Gasteiger partial charge in [-0.05, 0) is 31.9 Å². The lowest BCUT2D eigenvalue weighted by Crippen LogP contribution is -2.50. The van der Waals surface area contributed by atoms with Crippen LogP contribution in [0.25, 0.3) is 0 Å². The van der Waals surface area contributed by atoms with Gasteiger partial charge in [-0.25, -0.2) is 9.78 Å². The third kappa shape index (κ3) is 5.57. The number of nitriles is 1. The zero-order chi connectivity index (χ0) is 20.7. The summed E-state index contributed by atoms with van der Waals surface area (Å²) in [5, 5.41) is 16.6. The number of rotatable bonds is 7. The molecule has 29 heavy (non-hydrogen) atoms. The van der Waals surface area contributed by atoms with Gasteiger partial charge in [0.15, 0.2) is 6.61 Å². The molecule has 9 heteroatoms. The van der Waals surface area contributed by atoms with Gasteiger partial charge in [-0.2, -0.15) is 5.26 Å². The fraction of sp³-hybridized carbons (Fsp3) is 0.450. The molecule has 1 aliphatic rings. The Hall–Kier alpha value is -2.86. The SMILES string of the molecule is Cc1cc(CSc2ncccc2C(=O)OCC(=O)NC2(C#N)CCCCC2)no1. The maximum atomic E-state index is 12.5. The molecule has 0 spiro atoms. The van der Waals surface area contributed by atoms with Crippen molar-refractivity contribution >= 4 is 23.6 Å². The van der Waals surface area contributed by atoms with Gasteiger partial charge in [-0.3, -0.25) is 4.79 Å². The Morgan fingerprint density at radius 1 is 1.38 bits per heavy atom. The lowest BCUT2D eigenvalue weighted by molar-refractivity contribution is -0.125. The first-order valence-corrected chi connectivity index (χ1v) is 10.4. The van der Waals surface area contributed by atoms with Crippen LogP contribution in [0, 0.1) is 18.3 Å². The Kier molecular flexibility index (Phi) is 6.88. The van der Waals surface area contributed by atoms with E-state index >= 15 is 0 Å². The number of hydrogen-bond acceptors (Lipinski definition) is 8. The molecule has 1 fully saturated rings. The molecule has 8 nitrogen and oxygen atoms in total. The van der Waals surface area contributed by atoms with E-state index in [1.165, 1.54) is 11.8 Å². The monoisotopic (exact) mass is 414 g/mol. The Bertz CT molecular complexity index is 915. The van der Waals surface area contributed by atoms with E-state index in [4.69, 9.17) is 9.26 Å². The van der Waals surface area contributed by atoms with Crippen molar-refractivity contribution in [1.29, 1.82) is 5.26 Å². The summed E-state index contributed by atoms with van der Waals surface area (Å²) in [6.45, 7) is 1.36. The molecule has 1 aliphatic carbocycles. The highest BCUT2D eigenvalue weighted by Crippen LogP contribution is 2.27. The fourth-order valence-electron chi connectivity index (χ4n) is 3.22. The largest absolute Gasteiger partial charge is 0.452 e. The summed E-state index contributed by atoms with van der Waals surface area (Å²) in [6.07, 6.45) is 5.68. The number of thioether (sulfide) groups is 1. The zero-order valence-corrected chi connectivity index (χ0v) is 17.0. The molecule has 1 saturated carbocycles. The van der Waals surface area contributed by atoms with Gasteiger partial charge in [0.1, 0.15) is 16.3 Å². The number of hydrogen-bond donors (Lipinski definition) is 1. The minimum absolute atomic E-state index is 0.276. The highest BCUT2D eigenvalue weighted by atomic mass is 32.2. The van der Waals surface area contributed by atoms with E-state index in [1.54, 1.807) is 25.3 Å². The number of aryl methyl sites for hydroxylation is 1. The van der Waals surface area contributed by atoms with Crippen molar-refractivity contribution in [3.05, 3.63) is 41.4 Å². The normalized spacial score (nSPS) is 15.3. The molecule has 2 aromatic rings. The second kappa shape index (κ2) is 9.56. The van der Waals surface area contributed by atoms with Gasteiger partial charge in [0.2, 0.25) is 0 Å². The van der Waals surface area contributed by atoms with Crippen LogP contribution in [0.3, 0.4) is 0 Å². The van der Waals surface area contributed by atoms with Crippen LogP contribution in [0.2, 0.25) is 0 Å². The van der Waals surface area contributed by atoms with E-state index in [9.17, 15) is 14.9 Å². The van der Waals surface area contributed by atoms with E-state index in [1.807, 2.05) is 6.07 Å². The number of nitrogens with one attached hydrogen (secondary N) is 1. The van der Waals surface area contributed by atoms with Crippen molar-refractivity contribution in [2.75, 3.05) is 6.61 Å². The van der Waals surface area contributed by atoms with Crippen LogP contribution in [-0.4, -0.2) is 34.2 Å². The van der Waals surface area contributed by atoms with Crippen molar-refractivity contribution in [2.45, 2.75) is 55.3 Å². The van der Waals surface area contributed by atoms with E-state index in [0.717, 1.165) is 25.0 Å². The van der Waals surface area contributed by atoms with Gasteiger partial charge in [-0.15, -0.1) is 0 Å². The molecule has 0 saturated heterocycles. The average Bonchev–Trinajstić information content (AvgIpc) is 3.16. The molecule has 0 bridgehead atoms. The Morgan fingerprint density at radius 3 is 2.86 bits per heavy atom. The summed E-state index contributed by atoms with van der Waals surface area (Å²) < 4.78 is 10.2. The van der Waals surface area contributed by atoms with Gasteiger partial charge < -0.3 is 14.6 Å². The summed E-state index contributed by atoms with van der Waals surface area (Å²) in [5.41, 5.74) is 0.163. The Morgan fingerprint density at radius 2 is 2.17 bits per heavy atom. The highest BCUT2D eigenvalue weighted by Gasteiger charge is 2.33. The lowest BCUT2D eigenvalue weighted by atomic mass is 9.83. The van der Waals surface area contributed by atoms with Crippen LogP contribution >= 0.6 is 11.8 Å². The number of carbonyl (C=O) groups is 2. The molecule has 1 amide bonds. The smallest absolute Gasteiger partial charge is 0.341 e. The third-order valence-electron chi connectivity index (χ3n) is 4.66. The summed E-state index contributed by atoms with van der Waals surface area (Å²) in [5.74, 6) is 0.0832. The molecule has 1 N–H and O–H groups in total. The van der Waals surface area contributed by atoms with Gasteiger partial charge in [0.25, 0.3) is 5.91 Å². The molecule has 2 aromatic heterocycles. The molecular formula is C20H22N4O4S. The second-order valence-corrected chi connectivity index (χ2v) is 7.92. The molecule has 152 valence electrons. The summed E-state index contributed by atoms with van der Waals surface area (Å²) in [7, 11) is 0. The molecule has 0 radical (unpaired) electrons. The number of carbonyl (C=O) groups excluding carboxylic acids is 2. The van der Waals surface area contributed by atoms with Crippen LogP contribution in [0.15, 0.2) is 33.9 Å². The topological polar surface area (TPSA) is 118 Å². The molecule has 0 unspecified atom stereocenters. The second-order valence-electron chi connectivity index (χ2n) is 6.95. The minimum Gasteiger partial charge on any atom is -0.452 e. The van der Waals surface area contributed by atoms with E-state index in [-0.39, 0.29) is 5.56 Å². The Balaban J connectivity index is 1.56. The molecule has 0 aromatic carbocycles. The number of pyridine rings is 1. The number of amides is 1. The first kappa shape index (κ1) is 20.9. The third-order valence-corrected chi connectivity index (χ3v) is 5.70. The van der Waals surface area contributed by atoms with Crippen molar-refractivity contribution in [1.82, 2.24) is 15.5 Å². The van der Waals surface area contributed by atoms with Crippen molar-refractivity contribution in [3.63, 3.8) is 0 Å². The van der Waals surface area contributed by atoms with Gasteiger partial charge in [0, 0.05) is 18.0 Å². The minimum atomic E-state index is -0.854. The number of aromatic nitrogens is 2. The van der Waals surface area contributed by atoms with E-state index in [2.05, 4.69) is 21.5 Å². The van der Waals surface area contributed by atoms with Gasteiger partial charge in [0.05, 0.1) is 17.3 Å². The predicted octanol–water partition coefficient (Wildman–Crippen LogP) is 3.17. The van der Waals surface area contributed by atoms with Gasteiger partial charge >= 0.3 is 5.97 Å². The first-order valence-electron chi connectivity index (χ1n) is 9.41. The molecule has 2 heterocycles. The zero-order valence-electron chi connectivity index (χ0n) is 16.1. The summed E-state index contributed by atoms with van der Waals surface area (Å²) in [4.78, 5) is 28.9. The summed E-state index contributed by atoms with van der Waals surface area (Å²) >= 11 is 1.33. The standard InChI is InChI=1S/C20H22N4O4S/c1-14-10-15(24-28-14)12-29-18-16(6-5-9-22-18)19(26)27-11-17(25)23-20(13-21)7-3-2-4-8-20/h5-6,9-10H,2-4,7-8,11-12H2,1H3,(H,23,25). The average molecular weight is 414 g/mol. The van der Waals surface area contributed by atoms with E-state index in [0.29, 0.717) is 29.4 Å². The van der Waals surface area contributed by atoms with Crippen molar-refractivity contribution in [2.24, 2.45) is 0 Å². The van der Waals surface area contributed by atoms with Crippen molar-refractivity contribution < 1.29 is 18.8 Å². The highest BCUT2D eigenvalue weighted by molar-refractivity contribution is 7.98. The fourth-order valence-corrected chi connectivity index (χ4v) is 4.08. The maximum Gasteiger partial charge on any atom is 0.341 e. The molecule has 0 atom stereocenters. The Labute approximate surface area is 173 Å². The van der Waals surface area contributed by atoms with Crippen LogP contribution in [0.1, 0.15) is 53.9 Å². The van der Waals surface area contributed by atoms with Crippen molar-refractivity contribution in [3.8, 4) is 6.07 Å². The number of ether oxygens (including phenoxy) is 1. The lowest BCUT2D eigenvalue weighted by Gasteiger charge is -2.31. The number of esters is 1. The molecule has 0 aliphatic heterocycles. The summed E-state index contributed by atoms with van der Waals surface area (Å²) in [6, 6.07) is 7.26. The van der Waals surface area contributed by atoms with Crippen LogP contribution < -0.4 is 5.32 Å². The van der Waals surface area contributed by atoms with E-state index < -0.39 is 24.0 Å². The quantitative estimate of drug-likeness (QED) is 0.542. The van der Waals surface area contributed by atoms with Crippen LogP contribution in [0.4, 0.5) is 0 Å². The van der Waals surface area contributed by atoms with Crippen LogP contribution in [0.5, 0.6) is 0 Å². The number of nitrogens with zero attached hydrogens (tertiary/aromatic N) is 3. The maximum absolute atomic E-state index is 12.5. The first-order chi connectivity index (χ1) is 14.0. The molecule has 3 rings (SSSR count). The van der Waals surface area contributed by atoms with Gasteiger partial charge in [-0.1, -0.05) is 36.2 Å². The van der Waals surface area contributed by atoms with Crippen LogP contribution in [-0.2, 0) is 15.3 Å². The molecular weight excluding hydrogens is 392 g/mol. The predicted molar refractivity (Wildman–Crippen MR) is 105 cm³/mol.